The lowest BCUT2D eigenvalue weighted by molar-refractivity contribution is -0.137. The lowest BCUT2D eigenvalue weighted by Crippen LogP contribution is -2.42. The van der Waals surface area contributed by atoms with Crippen LogP contribution in [-0.4, -0.2) is 41.1 Å². The number of rotatable bonds is 6. The second-order valence-electron chi connectivity index (χ2n) is 4.01. The second-order valence-corrected chi connectivity index (χ2v) is 5.16. The molecule has 92 valence electrons. The topological polar surface area (TPSA) is 92.4 Å². The Morgan fingerprint density at radius 2 is 2.31 bits per heavy atom. The third kappa shape index (κ3) is 4.85. The van der Waals surface area contributed by atoms with Gasteiger partial charge in [-0.15, -0.1) is 0 Å². The van der Waals surface area contributed by atoms with Crippen LogP contribution in [0.25, 0.3) is 0 Å². The molecule has 1 amide bonds. The maximum Gasteiger partial charge on any atom is 0.303 e. The highest BCUT2D eigenvalue weighted by Crippen LogP contribution is 2.22. The van der Waals surface area contributed by atoms with Gasteiger partial charge < -0.3 is 16.2 Å². The zero-order valence-electron chi connectivity index (χ0n) is 9.15. The molecule has 1 rings (SSSR count). The molecule has 0 radical (unpaired) electrons. The van der Waals surface area contributed by atoms with Gasteiger partial charge in [0, 0.05) is 13.0 Å². The molecule has 4 N–H and O–H groups in total. The van der Waals surface area contributed by atoms with Crippen LogP contribution < -0.4 is 11.1 Å². The third-order valence-corrected chi connectivity index (χ3v) is 3.83. The predicted molar refractivity (Wildman–Crippen MR) is 63.3 cm³/mol. The number of nitrogens with two attached hydrogens (primary N) is 1. The smallest absolute Gasteiger partial charge is 0.303 e. The van der Waals surface area contributed by atoms with Gasteiger partial charge in [-0.25, -0.2) is 0 Å². The van der Waals surface area contributed by atoms with E-state index in [1.165, 1.54) is 0 Å². The number of hydrogen-bond acceptors (Lipinski definition) is 4. The molecule has 0 saturated carbocycles. The summed E-state index contributed by atoms with van der Waals surface area (Å²) in [6.45, 7) is 0.659. The standard InChI is InChI=1S/C10H18N2O3S/c11-8(1-2-9(13)14)10(15)12-5-7-3-4-16-6-7/h7-8H,1-6,11H2,(H,12,15)(H,13,14). The van der Waals surface area contributed by atoms with Gasteiger partial charge in [0.05, 0.1) is 6.04 Å². The Hall–Kier alpha value is -0.750. The van der Waals surface area contributed by atoms with Gasteiger partial charge >= 0.3 is 5.97 Å². The van der Waals surface area contributed by atoms with Gasteiger partial charge in [0.2, 0.25) is 5.91 Å². The molecule has 5 nitrogen and oxygen atoms in total. The molecule has 1 saturated heterocycles. The maximum atomic E-state index is 11.5. The summed E-state index contributed by atoms with van der Waals surface area (Å²) in [4.78, 5) is 21.8. The number of carboxylic acids is 1. The van der Waals surface area contributed by atoms with Crippen molar-refractivity contribution in [3.8, 4) is 0 Å². The van der Waals surface area contributed by atoms with Crippen molar-refractivity contribution in [1.29, 1.82) is 0 Å². The van der Waals surface area contributed by atoms with Crippen LogP contribution in [0.4, 0.5) is 0 Å². The molecule has 2 unspecified atom stereocenters. The fraction of sp³-hybridized carbons (Fsp3) is 0.800. The van der Waals surface area contributed by atoms with Crippen molar-refractivity contribution in [2.45, 2.75) is 25.3 Å². The lowest BCUT2D eigenvalue weighted by atomic mass is 10.1. The summed E-state index contributed by atoms with van der Waals surface area (Å²) >= 11 is 1.90. The molecule has 1 aliphatic rings. The highest BCUT2D eigenvalue weighted by atomic mass is 32.2. The molecule has 0 aromatic carbocycles. The van der Waals surface area contributed by atoms with Gasteiger partial charge in [-0.3, -0.25) is 9.59 Å². The zero-order valence-corrected chi connectivity index (χ0v) is 9.96. The SMILES string of the molecule is NC(CCC(=O)O)C(=O)NCC1CCSC1. The largest absolute Gasteiger partial charge is 0.481 e. The van der Waals surface area contributed by atoms with Crippen LogP contribution in [0, 0.1) is 5.92 Å². The molecular weight excluding hydrogens is 228 g/mol. The normalized spacial score (nSPS) is 21.7. The van der Waals surface area contributed by atoms with E-state index in [1.807, 2.05) is 11.8 Å². The number of aliphatic carboxylic acids is 1. The highest BCUT2D eigenvalue weighted by molar-refractivity contribution is 7.99. The minimum atomic E-state index is -0.921. The number of amides is 1. The number of hydrogen-bond donors (Lipinski definition) is 3. The summed E-state index contributed by atoms with van der Waals surface area (Å²) in [6, 6.07) is -0.704. The Labute approximate surface area is 99.1 Å². The van der Waals surface area contributed by atoms with Crippen molar-refractivity contribution in [1.82, 2.24) is 5.32 Å². The van der Waals surface area contributed by atoms with E-state index in [-0.39, 0.29) is 18.7 Å². The first kappa shape index (κ1) is 13.3. The minimum absolute atomic E-state index is 0.0616. The molecule has 0 spiro atoms. The molecule has 6 heteroatoms. The van der Waals surface area contributed by atoms with Crippen LogP contribution in [0.1, 0.15) is 19.3 Å². The van der Waals surface area contributed by atoms with E-state index in [0.29, 0.717) is 12.5 Å². The average molecular weight is 246 g/mol. The molecule has 1 fully saturated rings. The molecule has 1 aliphatic heterocycles. The van der Waals surface area contributed by atoms with Crippen molar-refractivity contribution >= 4 is 23.6 Å². The van der Waals surface area contributed by atoms with Crippen molar-refractivity contribution in [3.63, 3.8) is 0 Å². The number of nitrogens with one attached hydrogen (secondary N) is 1. The molecule has 0 aliphatic carbocycles. The van der Waals surface area contributed by atoms with E-state index >= 15 is 0 Å². The quantitative estimate of drug-likeness (QED) is 0.616. The van der Waals surface area contributed by atoms with Gasteiger partial charge in [0.15, 0.2) is 0 Å². The van der Waals surface area contributed by atoms with Crippen LogP contribution in [-0.2, 0) is 9.59 Å². The maximum absolute atomic E-state index is 11.5. The molecule has 0 aromatic rings. The first-order chi connectivity index (χ1) is 7.59. The van der Waals surface area contributed by atoms with Gasteiger partial charge in [-0.2, -0.15) is 11.8 Å². The van der Waals surface area contributed by atoms with E-state index < -0.39 is 12.0 Å². The van der Waals surface area contributed by atoms with Crippen LogP contribution >= 0.6 is 11.8 Å². The van der Waals surface area contributed by atoms with E-state index in [0.717, 1.165) is 17.9 Å². The van der Waals surface area contributed by atoms with Crippen molar-refractivity contribution < 1.29 is 14.7 Å². The Morgan fingerprint density at radius 1 is 1.56 bits per heavy atom. The van der Waals surface area contributed by atoms with Crippen LogP contribution in [0.5, 0.6) is 0 Å². The summed E-state index contributed by atoms with van der Waals surface area (Å²) in [6.07, 6.45) is 1.27. The number of thioether (sulfide) groups is 1. The fourth-order valence-electron chi connectivity index (χ4n) is 1.53. The van der Waals surface area contributed by atoms with Crippen LogP contribution in [0.2, 0.25) is 0 Å². The van der Waals surface area contributed by atoms with E-state index in [1.54, 1.807) is 0 Å². The van der Waals surface area contributed by atoms with Gasteiger partial charge in [0.1, 0.15) is 0 Å². The summed E-state index contributed by atoms with van der Waals surface area (Å²) in [5.74, 6) is 1.63. The van der Waals surface area contributed by atoms with E-state index in [9.17, 15) is 9.59 Å². The monoisotopic (exact) mass is 246 g/mol. The Morgan fingerprint density at radius 3 is 2.88 bits per heavy atom. The molecule has 0 bridgehead atoms. The third-order valence-electron chi connectivity index (χ3n) is 2.59. The zero-order chi connectivity index (χ0) is 12.0. The Balaban J connectivity index is 2.15. The van der Waals surface area contributed by atoms with Crippen LogP contribution in [0.15, 0.2) is 0 Å². The van der Waals surface area contributed by atoms with E-state index in [2.05, 4.69) is 5.32 Å². The van der Waals surface area contributed by atoms with Gasteiger partial charge in [-0.1, -0.05) is 0 Å². The summed E-state index contributed by atoms with van der Waals surface area (Å²) in [5.41, 5.74) is 5.57. The lowest BCUT2D eigenvalue weighted by Gasteiger charge is -2.13. The molecule has 16 heavy (non-hydrogen) atoms. The summed E-state index contributed by atoms with van der Waals surface area (Å²) in [7, 11) is 0. The molecule has 1 heterocycles. The number of carbonyl (C=O) groups is 2. The average Bonchev–Trinajstić information content (AvgIpc) is 2.75. The summed E-state index contributed by atoms with van der Waals surface area (Å²) in [5, 5.41) is 11.2. The Bertz CT molecular complexity index is 254. The van der Waals surface area contributed by atoms with Crippen molar-refractivity contribution in [3.05, 3.63) is 0 Å². The minimum Gasteiger partial charge on any atom is -0.481 e. The molecule has 2 atom stereocenters. The van der Waals surface area contributed by atoms with Crippen molar-refractivity contribution in [2.24, 2.45) is 11.7 Å². The first-order valence-corrected chi connectivity index (χ1v) is 6.58. The van der Waals surface area contributed by atoms with Gasteiger partial charge in [-0.05, 0) is 30.3 Å². The number of carbonyl (C=O) groups excluding carboxylic acids is 1. The van der Waals surface area contributed by atoms with E-state index in [4.69, 9.17) is 10.8 Å². The fourth-order valence-corrected chi connectivity index (χ4v) is 2.81. The summed E-state index contributed by atoms with van der Waals surface area (Å²) < 4.78 is 0. The molecular formula is C10H18N2O3S. The second kappa shape index (κ2) is 6.75. The van der Waals surface area contributed by atoms with Crippen LogP contribution in [0.3, 0.4) is 0 Å². The Kier molecular flexibility index (Phi) is 5.62. The number of carboxylic acid groups (broad SMARTS) is 1. The molecule has 0 aromatic heterocycles. The highest BCUT2D eigenvalue weighted by Gasteiger charge is 2.19. The first-order valence-electron chi connectivity index (χ1n) is 5.42. The van der Waals surface area contributed by atoms with Crippen molar-refractivity contribution in [2.75, 3.05) is 18.1 Å². The predicted octanol–water partition coefficient (Wildman–Crippen LogP) is 0.0478. The van der Waals surface area contributed by atoms with Gasteiger partial charge in [0.25, 0.3) is 0 Å².